The minimum Gasteiger partial charge on any atom is -0.488 e. The maximum atomic E-state index is 6.14. The first-order valence-electron chi connectivity index (χ1n) is 6.22. The predicted molar refractivity (Wildman–Crippen MR) is 82.3 cm³/mol. The van der Waals surface area contributed by atoms with E-state index in [-0.39, 0.29) is 0 Å². The predicted octanol–water partition coefficient (Wildman–Crippen LogP) is 4.32. The van der Waals surface area contributed by atoms with Crippen LogP contribution < -0.4 is 10.1 Å². The van der Waals surface area contributed by atoms with Crippen LogP contribution in [0, 0.1) is 13.8 Å². The van der Waals surface area contributed by atoms with Crippen LogP contribution in [-0.2, 0) is 13.2 Å². The molecule has 0 saturated carbocycles. The average molecular weight is 296 g/mol. The summed E-state index contributed by atoms with van der Waals surface area (Å²) in [5, 5.41) is 3.97. The molecule has 0 bridgehead atoms. The lowest BCUT2D eigenvalue weighted by Crippen LogP contribution is -2.02. The summed E-state index contributed by atoms with van der Waals surface area (Å²) in [6, 6.07) is 8.22. The Morgan fingerprint density at radius 2 is 1.79 bits per heavy atom. The maximum Gasteiger partial charge on any atom is 0.122 e. The SMILES string of the molecule is CNCc1ccc(COc2cc(C)c(Cl)c(C)c2)s1. The van der Waals surface area contributed by atoms with Gasteiger partial charge in [-0.15, -0.1) is 11.3 Å². The average Bonchev–Trinajstić information content (AvgIpc) is 2.81. The number of rotatable bonds is 5. The van der Waals surface area contributed by atoms with Crippen molar-refractivity contribution in [1.29, 1.82) is 0 Å². The molecule has 4 heteroatoms. The second-order valence-corrected chi connectivity index (χ2v) is 6.19. The first kappa shape index (κ1) is 14.4. The highest BCUT2D eigenvalue weighted by atomic mass is 35.5. The van der Waals surface area contributed by atoms with Crippen molar-refractivity contribution < 1.29 is 4.74 Å². The molecule has 0 unspecified atom stereocenters. The molecule has 0 amide bonds. The van der Waals surface area contributed by atoms with Gasteiger partial charge in [0, 0.05) is 21.3 Å². The zero-order chi connectivity index (χ0) is 13.8. The fourth-order valence-electron chi connectivity index (χ4n) is 1.91. The van der Waals surface area contributed by atoms with Gasteiger partial charge in [-0.2, -0.15) is 0 Å². The summed E-state index contributed by atoms with van der Waals surface area (Å²) < 4.78 is 5.83. The zero-order valence-corrected chi connectivity index (χ0v) is 13.0. The van der Waals surface area contributed by atoms with Crippen molar-refractivity contribution in [3.05, 3.63) is 50.2 Å². The molecule has 0 radical (unpaired) electrons. The Labute approximate surface area is 123 Å². The van der Waals surface area contributed by atoms with Crippen molar-refractivity contribution in [3.8, 4) is 5.75 Å². The van der Waals surface area contributed by atoms with Crippen molar-refractivity contribution in [2.75, 3.05) is 7.05 Å². The summed E-state index contributed by atoms with van der Waals surface area (Å²) in [7, 11) is 1.95. The molecule has 2 nitrogen and oxygen atoms in total. The molecule has 1 N–H and O–H groups in total. The number of hydrogen-bond donors (Lipinski definition) is 1. The van der Waals surface area contributed by atoms with E-state index in [9.17, 15) is 0 Å². The molecular formula is C15H18ClNOS. The van der Waals surface area contributed by atoms with Crippen LogP contribution in [0.3, 0.4) is 0 Å². The quantitative estimate of drug-likeness (QED) is 0.887. The Morgan fingerprint density at radius 1 is 1.16 bits per heavy atom. The van der Waals surface area contributed by atoms with Gasteiger partial charge in [0.2, 0.25) is 0 Å². The van der Waals surface area contributed by atoms with Crippen LogP contribution in [-0.4, -0.2) is 7.05 Å². The number of hydrogen-bond acceptors (Lipinski definition) is 3. The minimum absolute atomic E-state index is 0.606. The maximum absolute atomic E-state index is 6.14. The molecule has 0 saturated heterocycles. The number of ether oxygens (including phenoxy) is 1. The first-order valence-corrected chi connectivity index (χ1v) is 7.41. The summed E-state index contributed by atoms with van der Waals surface area (Å²) in [4.78, 5) is 2.56. The van der Waals surface area contributed by atoms with Crippen molar-refractivity contribution in [1.82, 2.24) is 5.32 Å². The molecule has 0 aliphatic rings. The third-order valence-electron chi connectivity index (χ3n) is 2.86. The Balaban J connectivity index is 2.01. The number of thiophene rings is 1. The van der Waals surface area contributed by atoms with E-state index in [0.717, 1.165) is 28.4 Å². The highest BCUT2D eigenvalue weighted by molar-refractivity contribution is 7.11. The molecule has 0 aliphatic heterocycles. The molecule has 1 heterocycles. The summed E-state index contributed by atoms with van der Waals surface area (Å²) in [5.74, 6) is 0.878. The van der Waals surface area contributed by atoms with Gasteiger partial charge in [0.05, 0.1) is 0 Å². The molecule has 2 aromatic rings. The fraction of sp³-hybridized carbons (Fsp3) is 0.333. The largest absolute Gasteiger partial charge is 0.488 e. The zero-order valence-electron chi connectivity index (χ0n) is 11.4. The van der Waals surface area contributed by atoms with Gasteiger partial charge in [-0.05, 0) is 56.3 Å². The lowest BCUT2D eigenvalue weighted by atomic mass is 10.1. The highest BCUT2D eigenvalue weighted by Crippen LogP contribution is 2.27. The molecule has 0 spiro atoms. The van der Waals surface area contributed by atoms with Crippen LogP contribution >= 0.6 is 22.9 Å². The molecule has 2 rings (SSSR count). The second-order valence-electron chi connectivity index (χ2n) is 4.56. The van der Waals surface area contributed by atoms with E-state index in [1.165, 1.54) is 9.75 Å². The van der Waals surface area contributed by atoms with Crippen LogP contribution in [0.25, 0.3) is 0 Å². The molecule has 0 atom stereocenters. The van der Waals surface area contributed by atoms with Gasteiger partial charge >= 0.3 is 0 Å². The Morgan fingerprint density at radius 3 is 2.42 bits per heavy atom. The lowest BCUT2D eigenvalue weighted by Gasteiger charge is -2.09. The van der Waals surface area contributed by atoms with Gasteiger partial charge in [0.15, 0.2) is 0 Å². The van der Waals surface area contributed by atoms with E-state index in [0.29, 0.717) is 6.61 Å². The van der Waals surface area contributed by atoms with Crippen molar-refractivity contribution in [3.63, 3.8) is 0 Å². The Kier molecular flexibility index (Phi) is 4.86. The minimum atomic E-state index is 0.606. The molecule has 1 aromatic carbocycles. The third kappa shape index (κ3) is 3.72. The Hall–Kier alpha value is -1.03. The van der Waals surface area contributed by atoms with Crippen LogP contribution in [0.1, 0.15) is 20.9 Å². The highest BCUT2D eigenvalue weighted by Gasteiger charge is 2.05. The second kappa shape index (κ2) is 6.42. The van der Waals surface area contributed by atoms with E-state index < -0.39 is 0 Å². The Bertz CT molecular complexity index is 542. The molecular weight excluding hydrogens is 278 g/mol. The van der Waals surface area contributed by atoms with Crippen molar-refractivity contribution >= 4 is 22.9 Å². The van der Waals surface area contributed by atoms with Crippen LogP contribution in [0.5, 0.6) is 5.75 Å². The van der Waals surface area contributed by atoms with Gasteiger partial charge in [-0.1, -0.05) is 11.6 Å². The molecule has 0 aliphatic carbocycles. The van der Waals surface area contributed by atoms with Gasteiger partial charge in [-0.3, -0.25) is 0 Å². The van der Waals surface area contributed by atoms with Crippen molar-refractivity contribution in [2.24, 2.45) is 0 Å². The topological polar surface area (TPSA) is 21.3 Å². The smallest absolute Gasteiger partial charge is 0.122 e. The van der Waals surface area contributed by atoms with Crippen LogP contribution in [0.2, 0.25) is 5.02 Å². The fourth-order valence-corrected chi connectivity index (χ4v) is 2.97. The van der Waals surface area contributed by atoms with Crippen LogP contribution in [0.4, 0.5) is 0 Å². The number of halogens is 1. The lowest BCUT2D eigenvalue weighted by molar-refractivity contribution is 0.309. The van der Waals surface area contributed by atoms with Crippen LogP contribution in [0.15, 0.2) is 24.3 Å². The molecule has 19 heavy (non-hydrogen) atoms. The van der Waals surface area contributed by atoms with Gasteiger partial charge < -0.3 is 10.1 Å². The van der Waals surface area contributed by atoms with E-state index in [1.54, 1.807) is 11.3 Å². The number of benzene rings is 1. The van der Waals surface area contributed by atoms with Gasteiger partial charge in [-0.25, -0.2) is 0 Å². The van der Waals surface area contributed by atoms with Crippen molar-refractivity contribution in [2.45, 2.75) is 27.0 Å². The summed E-state index contributed by atoms with van der Waals surface area (Å²) in [6.07, 6.45) is 0. The van der Waals surface area contributed by atoms with E-state index >= 15 is 0 Å². The first-order chi connectivity index (χ1) is 9.10. The third-order valence-corrected chi connectivity index (χ3v) is 4.51. The molecule has 0 fully saturated rings. The summed E-state index contributed by atoms with van der Waals surface area (Å²) in [5.41, 5.74) is 2.11. The van der Waals surface area contributed by atoms with E-state index in [2.05, 4.69) is 17.4 Å². The normalized spacial score (nSPS) is 10.7. The monoisotopic (exact) mass is 295 g/mol. The number of nitrogens with one attached hydrogen (secondary N) is 1. The molecule has 102 valence electrons. The standard InChI is InChI=1S/C15H18ClNOS/c1-10-6-12(7-11(2)15(10)16)18-9-14-5-4-13(19-14)8-17-3/h4-7,17H,8-9H2,1-3H3. The molecule has 1 aromatic heterocycles. The number of aryl methyl sites for hydroxylation is 2. The summed E-state index contributed by atoms with van der Waals surface area (Å²) >= 11 is 7.92. The van der Waals surface area contributed by atoms with E-state index in [4.69, 9.17) is 16.3 Å². The van der Waals surface area contributed by atoms with E-state index in [1.807, 2.05) is 33.0 Å². The van der Waals surface area contributed by atoms with Gasteiger partial charge in [0.25, 0.3) is 0 Å². The summed E-state index contributed by atoms with van der Waals surface area (Å²) in [6.45, 7) is 5.51. The van der Waals surface area contributed by atoms with Gasteiger partial charge in [0.1, 0.15) is 12.4 Å².